The van der Waals surface area contributed by atoms with Crippen LogP contribution in [0, 0.1) is 5.92 Å². The molecule has 2 aromatic rings. The summed E-state index contributed by atoms with van der Waals surface area (Å²) in [5.74, 6) is 0.733. The molecule has 128 valence electrons. The Morgan fingerprint density at radius 2 is 1.72 bits per heavy atom. The zero-order chi connectivity index (χ0) is 17.2. The molecule has 0 fully saturated rings. The molecule has 0 bridgehead atoms. The molecule has 2 nitrogen and oxygen atoms in total. The Morgan fingerprint density at radius 1 is 1.04 bits per heavy atom. The van der Waals surface area contributed by atoms with Crippen molar-refractivity contribution in [2.24, 2.45) is 5.92 Å². The second-order valence-corrected chi connectivity index (χ2v) is 7.57. The van der Waals surface area contributed by atoms with Gasteiger partial charge in [0.2, 0.25) is 0 Å². The third-order valence-corrected chi connectivity index (χ3v) is 5.65. The average Bonchev–Trinajstić information content (AvgIpc) is 2.65. The predicted molar refractivity (Wildman–Crippen MR) is 107 cm³/mol. The topological polar surface area (TPSA) is 15.3 Å². The van der Waals surface area contributed by atoms with Crippen molar-refractivity contribution in [2.45, 2.75) is 38.8 Å². The van der Waals surface area contributed by atoms with E-state index in [4.69, 9.17) is 12.2 Å². The lowest BCUT2D eigenvalue weighted by Crippen LogP contribution is -2.47. The van der Waals surface area contributed by atoms with Gasteiger partial charge in [0.15, 0.2) is 5.11 Å². The number of hydrogen-bond acceptors (Lipinski definition) is 1. The van der Waals surface area contributed by atoms with Crippen LogP contribution >= 0.6 is 12.2 Å². The molecule has 0 radical (unpaired) electrons. The SMILES string of the molecule is CC1CCC2=C(C1)[C@H](c1ccccc1)NC(=S)N2Cc1ccccc1. The van der Waals surface area contributed by atoms with Gasteiger partial charge in [0.25, 0.3) is 0 Å². The van der Waals surface area contributed by atoms with Crippen molar-refractivity contribution in [3.05, 3.63) is 83.1 Å². The minimum atomic E-state index is 0.221. The Labute approximate surface area is 155 Å². The fourth-order valence-corrected chi connectivity index (χ4v) is 4.30. The van der Waals surface area contributed by atoms with Gasteiger partial charge in [0, 0.05) is 12.2 Å². The molecule has 2 aromatic carbocycles. The molecule has 4 rings (SSSR count). The fourth-order valence-electron chi connectivity index (χ4n) is 4.01. The lowest BCUT2D eigenvalue weighted by atomic mass is 9.81. The number of hydrogen-bond donors (Lipinski definition) is 1. The molecule has 0 spiro atoms. The van der Waals surface area contributed by atoms with Gasteiger partial charge in [-0.2, -0.15) is 0 Å². The molecule has 1 unspecified atom stereocenters. The summed E-state index contributed by atoms with van der Waals surface area (Å²) in [6.45, 7) is 3.21. The van der Waals surface area contributed by atoms with Crippen LogP contribution in [0.25, 0.3) is 0 Å². The van der Waals surface area contributed by atoms with E-state index in [1.54, 1.807) is 0 Å². The van der Waals surface area contributed by atoms with E-state index in [0.29, 0.717) is 0 Å². The molecule has 25 heavy (non-hydrogen) atoms. The Hall–Kier alpha value is -2.13. The minimum Gasteiger partial charge on any atom is -0.352 e. The highest BCUT2D eigenvalue weighted by molar-refractivity contribution is 7.80. The van der Waals surface area contributed by atoms with E-state index in [1.165, 1.54) is 28.8 Å². The van der Waals surface area contributed by atoms with Crippen molar-refractivity contribution in [2.75, 3.05) is 0 Å². The summed E-state index contributed by atoms with van der Waals surface area (Å²) in [6, 6.07) is 21.6. The molecule has 3 heteroatoms. The van der Waals surface area contributed by atoms with E-state index in [0.717, 1.165) is 30.4 Å². The highest BCUT2D eigenvalue weighted by atomic mass is 32.1. The fraction of sp³-hybridized carbons (Fsp3) is 0.318. The van der Waals surface area contributed by atoms with Crippen molar-refractivity contribution in [1.29, 1.82) is 0 Å². The molecule has 1 aliphatic heterocycles. The van der Waals surface area contributed by atoms with Crippen LogP contribution in [-0.4, -0.2) is 10.0 Å². The van der Waals surface area contributed by atoms with Gasteiger partial charge in [-0.3, -0.25) is 0 Å². The summed E-state index contributed by atoms with van der Waals surface area (Å²) in [5, 5.41) is 4.48. The summed E-state index contributed by atoms with van der Waals surface area (Å²) >= 11 is 5.78. The third kappa shape index (κ3) is 3.34. The molecular formula is C22H24N2S. The first-order chi connectivity index (χ1) is 12.2. The Morgan fingerprint density at radius 3 is 2.44 bits per heavy atom. The lowest BCUT2D eigenvalue weighted by Gasteiger charge is -2.43. The quantitative estimate of drug-likeness (QED) is 0.768. The van der Waals surface area contributed by atoms with Gasteiger partial charge < -0.3 is 10.2 Å². The van der Waals surface area contributed by atoms with Crippen molar-refractivity contribution >= 4 is 17.3 Å². The first kappa shape index (κ1) is 16.3. The second kappa shape index (κ2) is 7.01. The van der Waals surface area contributed by atoms with Crippen LogP contribution in [0.3, 0.4) is 0 Å². The van der Waals surface area contributed by atoms with Gasteiger partial charge >= 0.3 is 0 Å². The van der Waals surface area contributed by atoms with E-state index >= 15 is 0 Å². The van der Waals surface area contributed by atoms with Crippen LogP contribution in [0.5, 0.6) is 0 Å². The van der Waals surface area contributed by atoms with Crippen LogP contribution in [0.1, 0.15) is 43.4 Å². The highest BCUT2D eigenvalue weighted by Gasteiger charge is 2.34. The number of allylic oxidation sites excluding steroid dienone is 1. The standard InChI is InChI=1S/C22H24N2S/c1-16-12-13-20-19(14-16)21(18-10-6-3-7-11-18)23-22(25)24(20)15-17-8-4-2-5-9-17/h2-11,16,21H,12-15H2,1H3,(H,23,25)/t16?,21-/m0/s1. The third-order valence-electron chi connectivity index (χ3n) is 5.32. The maximum atomic E-state index is 5.78. The van der Waals surface area contributed by atoms with Gasteiger partial charge in [-0.1, -0.05) is 67.6 Å². The maximum Gasteiger partial charge on any atom is 0.174 e. The molecule has 2 atom stereocenters. The summed E-state index contributed by atoms with van der Waals surface area (Å²) in [5.41, 5.74) is 5.58. The summed E-state index contributed by atoms with van der Waals surface area (Å²) in [7, 11) is 0. The lowest BCUT2D eigenvalue weighted by molar-refractivity contribution is 0.361. The van der Waals surface area contributed by atoms with Crippen molar-refractivity contribution in [3.8, 4) is 0 Å². The van der Waals surface area contributed by atoms with E-state index in [2.05, 4.69) is 77.8 Å². The Kier molecular flexibility index (Phi) is 4.58. The van der Waals surface area contributed by atoms with Crippen molar-refractivity contribution < 1.29 is 0 Å². The summed E-state index contributed by atoms with van der Waals surface area (Å²) in [4.78, 5) is 2.32. The average molecular weight is 349 g/mol. The molecule has 0 saturated heterocycles. The van der Waals surface area contributed by atoms with Crippen LogP contribution in [-0.2, 0) is 6.54 Å². The van der Waals surface area contributed by atoms with Gasteiger partial charge in [-0.05, 0) is 54.1 Å². The molecule has 0 amide bonds. The number of benzene rings is 2. The van der Waals surface area contributed by atoms with Crippen LogP contribution in [0.15, 0.2) is 71.9 Å². The van der Waals surface area contributed by atoms with E-state index in [-0.39, 0.29) is 6.04 Å². The van der Waals surface area contributed by atoms with Crippen LogP contribution in [0.4, 0.5) is 0 Å². The summed E-state index contributed by atoms with van der Waals surface area (Å²) in [6.07, 6.45) is 3.51. The maximum absolute atomic E-state index is 5.78. The number of nitrogens with one attached hydrogen (secondary N) is 1. The Bertz CT molecular complexity index is 782. The highest BCUT2D eigenvalue weighted by Crippen LogP contribution is 2.41. The molecule has 1 heterocycles. The van der Waals surface area contributed by atoms with E-state index < -0.39 is 0 Å². The smallest absolute Gasteiger partial charge is 0.174 e. The number of nitrogens with zero attached hydrogens (tertiary/aromatic N) is 1. The largest absolute Gasteiger partial charge is 0.352 e. The monoisotopic (exact) mass is 348 g/mol. The molecule has 0 saturated carbocycles. The molecule has 0 aromatic heterocycles. The first-order valence-electron chi connectivity index (χ1n) is 9.11. The zero-order valence-electron chi connectivity index (χ0n) is 14.6. The van der Waals surface area contributed by atoms with Gasteiger partial charge in [0.05, 0.1) is 6.04 Å². The van der Waals surface area contributed by atoms with Crippen LogP contribution in [0.2, 0.25) is 0 Å². The molecule has 2 aliphatic rings. The molecular weight excluding hydrogens is 324 g/mol. The van der Waals surface area contributed by atoms with Gasteiger partial charge in [0.1, 0.15) is 0 Å². The zero-order valence-corrected chi connectivity index (χ0v) is 15.4. The number of thiocarbonyl (C=S) groups is 1. The summed E-state index contributed by atoms with van der Waals surface area (Å²) < 4.78 is 0. The van der Waals surface area contributed by atoms with Crippen molar-refractivity contribution in [1.82, 2.24) is 10.2 Å². The Balaban J connectivity index is 1.72. The predicted octanol–water partition coefficient (Wildman–Crippen LogP) is 5.19. The molecule has 1 N–H and O–H groups in total. The van der Waals surface area contributed by atoms with Gasteiger partial charge in [-0.15, -0.1) is 0 Å². The van der Waals surface area contributed by atoms with Crippen LogP contribution < -0.4 is 5.32 Å². The van der Waals surface area contributed by atoms with E-state index in [1.807, 2.05) is 0 Å². The van der Waals surface area contributed by atoms with Gasteiger partial charge in [-0.25, -0.2) is 0 Å². The molecule has 1 aliphatic carbocycles. The second-order valence-electron chi connectivity index (χ2n) is 7.18. The minimum absolute atomic E-state index is 0.221. The van der Waals surface area contributed by atoms with E-state index in [9.17, 15) is 0 Å². The number of rotatable bonds is 3. The van der Waals surface area contributed by atoms with Crippen molar-refractivity contribution in [3.63, 3.8) is 0 Å². The normalized spacial score (nSPS) is 23.2. The first-order valence-corrected chi connectivity index (χ1v) is 9.52.